The number of imide groups is 2. The van der Waals surface area contributed by atoms with Crippen molar-refractivity contribution < 1.29 is 33.0 Å². The van der Waals surface area contributed by atoms with Crippen molar-refractivity contribution in [3.05, 3.63) is 57.8 Å². The molecule has 1 heterocycles. The summed E-state index contributed by atoms with van der Waals surface area (Å²) in [5, 5.41) is 4.86. The molecule has 1 saturated carbocycles. The van der Waals surface area contributed by atoms with Crippen LogP contribution >= 0.6 is 15.9 Å². The molecule has 11 heteroatoms. The van der Waals surface area contributed by atoms with Crippen LogP contribution in [0, 0.1) is 5.82 Å². The number of carbonyl (C=O) groups excluding carboxylic acids is 4. The number of hydrogen-bond acceptors (Lipinski definition) is 6. The Kier molecular flexibility index (Phi) is 8.22. The quantitative estimate of drug-likeness (QED) is 0.374. The molecule has 194 valence electrons. The van der Waals surface area contributed by atoms with Gasteiger partial charge in [-0.2, -0.15) is 0 Å². The predicted octanol–water partition coefficient (Wildman–Crippen LogP) is 4.41. The third-order valence-electron chi connectivity index (χ3n) is 6.11. The lowest BCUT2D eigenvalue weighted by Crippen LogP contribution is -2.58. The van der Waals surface area contributed by atoms with Crippen LogP contribution in [0.2, 0.25) is 0 Å². The third kappa shape index (κ3) is 6.16. The maximum absolute atomic E-state index is 13.1. The third-order valence-corrected chi connectivity index (χ3v) is 6.70. The van der Waals surface area contributed by atoms with E-state index in [9.17, 15) is 23.6 Å². The lowest BCUT2D eigenvalue weighted by Gasteiger charge is -2.35. The maximum atomic E-state index is 13.1. The normalized spacial score (nSPS) is 17.5. The van der Waals surface area contributed by atoms with E-state index in [1.807, 2.05) is 0 Å². The molecule has 0 unspecified atom stereocenters. The first-order valence-electron chi connectivity index (χ1n) is 11.7. The molecule has 2 aliphatic rings. The minimum atomic E-state index is -0.769. The highest BCUT2D eigenvalue weighted by Crippen LogP contribution is 2.37. The van der Waals surface area contributed by atoms with Gasteiger partial charge in [-0.25, -0.2) is 9.18 Å². The molecule has 0 radical (unpaired) electrons. The number of ether oxygens (including phenoxy) is 2. The number of urea groups is 1. The molecule has 0 aromatic heterocycles. The van der Waals surface area contributed by atoms with Gasteiger partial charge in [-0.15, -0.1) is 0 Å². The van der Waals surface area contributed by atoms with E-state index in [1.54, 1.807) is 12.1 Å². The molecule has 0 spiro atoms. The first kappa shape index (κ1) is 26.3. The fourth-order valence-electron chi connectivity index (χ4n) is 4.34. The van der Waals surface area contributed by atoms with Crippen LogP contribution in [0.15, 0.2) is 46.4 Å². The molecule has 4 rings (SSSR count). The van der Waals surface area contributed by atoms with Crippen molar-refractivity contribution >= 4 is 51.4 Å². The number of nitrogens with zero attached hydrogens (tertiary/aromatic N) is 1. The minimum absolute atomic E-state index is 0.161. The van der Waals surface area contributed by atoms with Crippen LogP contribution in [-0.4, -0.2) is 48.4 Å². The van der Waals surface area contributed by atoms with E-state index in [0.29, 0.717) is 28.6 Å². The Hall–Kier alpha value is -3.73. The van der Waals surface area contributed by atoms with Gasteiger partial charge >= 0.3 is 6.03 Å². The van der Waals surface area contributed by atoms with Gasteiger partial charge in [0.15, 0.2) is 18.1 Å². The lowest BCUT2D eigenvalue weighted by molar-refractivity contribution is -0.132. The van der Waals surface area contributed by atoms with Crippen LogP contribution in [0.3, 0.4) is 0 Å². The zero-order chi connectivity index (χ0) is 26.5. The summed E-state index contributed by atoms with van der Waals surface area (Å²) in [5.41, 5.74) is 0.703. The molecule has 0 atom stereocenters. The van der Waals surface area contributed by atoms with Crippen LogP contribution in [0.5, 0.6) is 11.5 Å². The van der Waals surface area contributed by atoms with Gasteiger partial charge < -0.3 is 14.8 Å². The smallest absolute Gasteiger partial charge is 0.331 e. The van der Waals surface area contributed by atoms with Gasteiger partial charge in [0.25, 0.3) is 17.7 Å². The van der Waals surface area contributed by atoms with E-state index in [2.05, 4.69) is 26.6 Å². The molecule has 1 saturated heterocycles. The van der Waals surface area contributed by atoms with Crippen LogP contribution in [0.25, 0.3) is 6.08 Å². The second-order valence-corrected chi connectivity index (χ2v) is 9.52. The van der Waals surface area contributed by atoms with Crippen molar-refractivity contribution in [3.8, 4) is 11.5 Å². The molecule has 1 aliphatic heterocycles. The number of anilines is 1. The Labute approximate surface area is 221 Å². The molecule has 2 aromatic rings. The van der Waals surface area contributed by atoms with E-state index in [-0.39, 0.29) is 29.7 Å². The van der Waals surface area contributed by atoms with Gasteiger partial charge in [0.2, 0.25) is 0 Å². The summed E-state index contributed by atoms with van der Waals surface area (Å²) in [5.74, 6) is -1.80. The number of halogens is 2. The summed E-state index contributed by atoms with van der Waals surface area (Å²) < 4.78 is 24.5. The van der Waals surface area contributed by atoms with Crippen LogP contribution in [0.1, 0.15) is 37.7 Å². The summed E-state index contributed by atoms with van der Waals surface area (Å²) in [6.07, 6.45) is 5.70. The lowest BCUT2D eigenvalue weighted by atomic mass is 9.93. The number of barbiturate groups is 1. The highest BCUT2D eigenvalue weighted by atomic mass is 79.9. The summed E-state index contributed by atoms with van der Waals surface area (Å²) in [6, 6.07) is 7.53. The summed E-state index contributed by atoms with van der Waals surface area (Å²) in [7, 11) is 1.41. The van der Waals surface area contributed by atoms with Crippen molar-refractivity contribution in [2.45, 2.75) is 38.1 Å². The highest BCUT2D eigenvalue weighted by molar-refractivity contribution is 9.10. The van der Waals surface area contributed by atoms with Crippen molar-refractivity contribution in [3.63, 3.8) is 0 Å². The fraction of sp³-hybridized carbons (Fsp3) is 0.308. The van der Waals surface area contributed by atoms with Crippen molar-refractivity contribution in [2.75, 3.05) is 19.0 Å². The second kappa shape index (κ2) is 11.5. The molecule has 5 amide bonds. The Balaban J connectivity index is 1.51. The predicted molar refractivity (Wildman–Crippen MR) is 136 cm³/mol. The van der Waals surface area contributed by atoms with E-state index < -0.39 is 29.6 Å². The first-order chi connectivity index (χ1) is 17.8. The van der Waals surface area contributed by atoms with Gasteiger partial charge in [-0.05, 0) is 76.8 Å². The van der Waals surface area contributed by atoms with Crippen LogP contribution in [-0.2, 0) is 14.4 Å². The Morgan fingerprint density at radius 1 is 1.16 bits per heavy atom. The number of nitrogens with one attached hydrogen (secondary N) is 2. The number of rotatable bonds is 7. The second-order valence-electron chi connectivity index (χ2n) is 8.66. The number of amides is 5. The van der Waals surface area contributed by atoms with Crippen molar-refractivity contribution in [1.29, 1.82) is 0 Å². The van der Waals surface area contributed by atoms with Gasteiger partial charge in [-0.3, -0.25) is 24.6 Å². The summed E-state index contributed by atoms with van der Waals surface area (Å²) in [6.45, 7) is -0.355. The molecule has 2 fully saturated rings. The number of methoxy groups -OCH3 is 1. The van der Waals surface area contributed by atoms with Crippen molar-refractivity contribution in [2.24, 2.45) is 0 Å². The van der Waals surface area contributed by atoms with Crippen LogP contribution < -0.4 is 20.1 Å². The molecule has 2 N–H and O–H groups in total. The van der Waals surface area contributed by atoms with Crippen LogP contribution in [0.4, 0.5) is 14.9 Å². The average molecular weight is 574 g/mol. The number of hydrogen-bond donors (Lipinski definition) is 2. The molecule has 9 nitrogen and oxygen atoms in total. The van der Waals surface area contributed by atoms with Gasteiger partial charge in [0.05, 0.1) is 11.6 Å². The Bertz CT molecular complexity index is 1260. The molecule has 0 bridgehead atoms. The van der Waals surface area contributed by atoms with Crippen molar-refractivity contribution in [1.82, 2.24) is 10.2 Å². The zero-order valence-corrected chi connectivity index (χ0v) is 21.6. The standard InChI is InChI=1S/C26H25BrFN3O6/c1-36-21-13-15(11-19-24(33)30-26(35)31(25(19)34)18-5-3-2-4-6-18)12-20(27)23(21)37-14-22(32)29-17-9-7-16(28)8-10-17/h7-13,18H,2-6,14H2,1H3,(H,29,32)(H,30,33,35). The molecule has 37 heavy (non-hydrogen) atoms. The van der Waals surface area contributed by atoms with Gasteiger partial charge in [0.1, 0.15) is 11.4 Å². The topological polar surface area (TPSA) is 114 Å². The SMILES string of the molecule is COc1cc(C=C2C(=O)NC(=O)N(C3CCCCC3)C2=O)cc(Br)c1OCC(=O)Nc1ccc(F)cc1. The summed E-state index contributed by atoms with van der Waals surface area (Å²) >= 11 is 3.39. The minimum Gasteiger partial charge on any atom is -0.493 e. The maximum Gasteiger partial charge on any atom is 0.331 e. The Morgan fingerprint density at radius 2 is 1.86 bits per heavy atom. The molecule has 1 aliphatic carbocycles. The average Bonchev–Trinajstić information content (AvgIpc) is 2.87. The van der Waals surface area contributed by atoms with E-state index in [1.165, 1.54) is 37.5 Å². The van der Waals surface area contributed by atoms with E-state index in [4.69, 9.17) is 9.47 Å². The Morgan fingerprint density at radius 3 is 2.54 bits per heavy atom. The number of carbonyl (C=O) groups is 4. The fourth-order valence-corrected chi connectivity index (χ4v) is 4.91. The molecular formula is C26H25BrFN3O6. The largest absolute Gasteiger partial charge is 0.493 e. The molecule has 2 aromatic carbocycles. The highest BCUT2D eigenvalue weighted by Gasteiger charge is 2.40. The van der Waals surface area contributed by atoms with E-state index in [0.717, 1.165) is 24.2 Å². The van der Waals surface area contributed by atoms with Gasteiger partial charge in [-0.1, -0.05) is 19.3 Å². The first-order valence-corrected chi connectivity index (χ1v) is 12.5. The van der Waals surface area contributed by atoms with E-state index >= 15 is 0 Å². The zero-order valence-electron chi connectivity index (χ0n) is 20.0. The monoisotopic (exact) mass is 573 g/mol. The van der Waals surface area contributed by atoms with Gasteiger partial charge in [0, 0.05) is 11.7 Å². The summed E-state index contributed by atoms with van der Waals surface area (Å²) in [4.78, 5) is 51.5. The molecular weight excluding hydrogens is 549 g/mol. The number of benzene rings is 2.